The molecule has 0 aliphatic carbocycles. The molecule has 0 aromatic heterocycles. The lowest BCUT2D eigenvalue weighted by molar-refractivity contribution is 0.238. The smallest absolute Gasteiger partial charge is 0.126 e. The zero-order valence-electron chi connectivity index (χ0n) is 11.4. The van der Waals surface area contributed by atoms with E-state index in [-0.39, 0.29) is 0 Å². The Morgan fingerprint density at radius 3 is 2.67 bits per heavy atom. The van der Waals surface area contributed by atoms with Gasteiger partial charge in [-0.25, -0.2) is 0 Å². The van der Waals surface area contributed by atoms with Crippen LogP contribution in [0.3, 0.4) is 0 Å². The molecule has 100 valence electrons. The van der Waals surface area contributed by atoms with Crippen LogP contribution in [0.25, 0.3) is 0 Å². The standard InChI is InChI=1S/C14H22N2O2/c1-4-16-8-10-5-12(17-2)6-13(18-3)14(10)11(7-15)9-16/h5-6,11H,4,7-9,15H2,1-3H3. The summed E-state index contributed by atoms with van der Waals surface area (Å²) < 4.78 is 10.8. The molecule has 1 atom stereocenters. The van der Waals surface area contributed by atoms with Crippen LogP contribution in [0, 0.1) is 0 Å². The Kier molecular flexibility index (Phi) is 4.09. The molecular formula is C14H22N2O2. The van der Waals surface area contributed by atoms with Crippen LogP contribution in [0.1, 0.15) is 24.0 Å². The van der Waals surface area contributed by atoms with Crippen molar-refractivity contribution in [3.8, 4) is 11.5 Å². The van der Waals surface area contributed by atoms with Gasteiger partial charge in [-0.05, 0) is 18.2 Å². The molecule has 2 rings (SSSR count). The highest BCUT2D eigenvalue weighted by Gasteiger charge is 2.27. The molecule has 0 fully saturated rings. The first-order valence-corrected chi connectivity index (χ1v) is 6.40. The third-order valence-corrected chi connectivity index (χ3v) is 3.67. The number of hydrogen-bond acceptors (Lipinski definition) is 4. The van der Waals surface area contributed by atoms with E-state index in [1.54, 1.807) is 14.2 Å². The van der Waals surface area contributed by atoms with E-state index in [4.69, 9.17) is 15.2 Å². The molecule has 18 heavy (non-hydrogen) atoms. The maximum atomic E-state index is 5.92. The average molecular weight is 250 g/mol. The molecule has 0 amide bonds. The number of likely N-dealkylation sites (N-methyl/N-ethyl adjacent to an activating group) is 1. The van der Waals surface area contributed by atoms with Gasteiger partial charge in [0.05, 0.1) is 14.2 Å². The van der Waals surface area contributed by atoms with Crippen molar-refractivity contribution in [3.63, 3.8) is 0 Å². The van der Waals surface area contributed by atoms with Crippen molar-refractivity contribution in [1.29, 1.82) is 0 Å². The summed E-state index contributed by atoms with van der Waals surface area (Å²) in [6.07, 6.45) is 0. The zero-order chi connectivity index (χ0) is 13.1. The second-order valence-corrected chi connectivity index (χ2v) is 4.66. The van der Waals surface area contributed by atoms with Gasteiger partial charge in [0.25, 0.3) is 0 Å². The van der Waals surface area contributed by atoms with E-state index < -0.39 is 0 Å². The van der Waals surface area contributed by atoms with Gasteiger partial charge in [0.2, 0.25) is 0 Å². The van der Waals surface area contributed by atoms with Crippen LogP contribution in [0.15, 0.2) is 12.1 Å². The third-order valence-electron chi connectivity index (χ3n) is 3.67. The summed E-state index contributed by atoms with van der Waals surface area (Å²) in [5, 5.41) is 0. The fourth-order valence-electron chi connectivity index (χ4n) is 2.68. The molecule has 1 aromatic rings. The van der Waals surface area contributed by atoms with Crippen LogP contribution in [-0.2, 0) is 6.54 Å². The van der Waals surface area contributed by atoms with E-state index in [0.717, 1.165) is 31.1 Å². The first kappa shape index (κ1) is 13.2. The number of hydrogen-bond donors (Lipinski definition) is 1. The molecule has 1 aliphatic rings. The molecule has 1 unspecified atom stereocenters. The van der Waals surface area contributed by atoms with Crippen LogP contribution in [0.2, 0.25) is 0 Å². The summed E-state index contributed by atoms with van der Waals surface area (Å²) in [6.45, 7) is 5.80. The highest BCUT2D eigenvalue weighted by molar-refractivity contribution is 5.50. The largest absolute Gasteiger partial charge is 0.497 e. The van der Waals surface area contributed by atoms with E-state index in [1.807, 2.05) is 6.07 Å². The minimum Gasteiger partial charge on any atom is -0.497 e. The van der Waals surface area contributed by atoms with E-state index in [9.17, 15) is 0 Å². The second kappa shape index (κ2) is 5.59. The molecule has 0 saturated carbocycles. The molecule has 4 nitrogen and oxygen atoms in total. The SMILES string of the molecule is CCN1Cc2cc(OC)cc(OC)c2C(CN)C1. The van der Waals surface area contributed by atoms with Gasteiger partial charge in [-0.1, -0.05) is 6.92 Å². The maximum Gasteiger partial charge on any atom is 0.126 e. The lowest BCUT2D eigenvalue weighted by Gasteiger charge is -2.34. The number of rotatable bonds is 4. The van der Waals surface area contributed by atoms with Crippen molar-refractivity contribution in [2.75, 3.05) is 33.9 Å². The topological polar surface area (TPSA) is 47.7 Å². The Morgan fingerprint density at radius 1 is 1.33 bits per heavy atom. The molecule has 1 heterocycles. The van der Waals surface area contributed by atoms with Gasteiger partial charge in [0.1, 0.15) is 11.5 Å². The monoisotopic (exact) mass is 250 g/mol. The summed E-state index contributed by atoms with van der Waals surface area (Å²) in [5.74, 6) is 2.09. The van der Waals surface area contributed by atoms with Crippen molar-refractivity contribution in [1.82, 2.24) is 4.90 Å². The number of methoxy groups -OCH3 is 2. The number of ether oxygens (including phenoxy) is 2. The second-order valence-electron chi connectivity index (χ2n) is 4.66. The molecule has 0 saturated heterocycles. The van der Waals surface area contributed by atoms with E-state index >= 15 is 0 Å². The van der Waals surface area contributed by atoms with Gasteiger partial charge in [-0.3, -0.25) is 4.90 Å². The van der Waals surface area contributed by atoms with Crippen molar-refractivity contribution in [2.24, 2.45) is 5.73 Å². The number of benzene rings is 1. The van der Waals surface area contributed by atoms with Crippen molar-refractivity contribution < 1.29 is 9.47 Å². The molecule has 2 N–H and O–H groups in total. The van der Waals surface area contributed by atoms with Crippen LogP contribution < -0.4 is 15.2 Å². The Labute approximate surface area is 109 Å². The van der Waals surface area contributed by atoms with Crippen LogP contribution >= 0.6 is 0 Å². The third kappa shape index (κ3) is 2.31. The Hall–Kier alpha value is -1.26. The van der Waals surface area contributed by atoms with Crippen LogP contribution in [-0.4, -0.2) is 38.8 Å². The lowest BCUT2D eigenvalue weighted by atomic mass is 9.88. The van der Waals surface area contributed by atoms with Crippen LogP contribution in [0.4, 0.5) is 0 Å². The molecule has 1 aromatic carbocycles. The summed E-state index contributed by atoms with van der Waals surface area (Å²) in [7, 11) is 3.39. The van der Waals surface area contributed by atoms with Gasteiger partial charge >= 0.3 is 0 Å². The Morgan fingerprint density at radius 2 is 2.11 bits per heavy atom. The van der Waals surface area contributed by atoms with Gasteiger partial charge in [0, 0.05) is 37.2 Å². The van der Waals surface area contributed by atoms with Crippen molar-refractivity contribution >= 4 is 0 Å². The lowest BCUT2D eigenvalue weighted by Crippen LogP contribution is -2.36. The van der Waals surface area contributed by atoms with E-state index in [0.29, 0.717) is 12.5 Å². The van der Waals surface area contributed by atoms with Gasteiger partial charge in [0.15, 0.2) is 0 Å². The molecule has 4 heteroatoms. The fraction of sp³-hybridized carbons (Fsp3) is 0.571. The number of fused-ring (bicyclic) bond motifs is 1. The van der Waals surface area contributed by atoms with Gasteiger partial charge in [-0.15, -0.1) is 0 Å². The maximum absolute atomic E-state index is 5.92. The normalized spacial score (nSPS) is 19.4. The van der Waals surface area contributed by atoms with E-state index in [1.165, 1.54) is 11.1 Å². The summed E-state index contributed by atoms with van der Waals surface area (Å²) in [4.78, 5) is 2.40. The average Bonchev–Trinajstić information content (AvgIpc) is 2.44. The molecule has 0 bridgehead atoms. The zero-order valence-corrected chi connectivity index (χ0v) is 11.4. The molecule has 0 radical (unpaired) electrons. The number of nitrogens with two attached hydrogens (primary N) is 1. The Bertz CT molecular complexity index is 421. The highest BCUT2D eigenvalue weighted by Crippen LogP contribution is 2.38. The highest BCUT2D eigenvalue weighted by atomic mass is 16.5. The van der Waals surface area contributed by atoms with Crippen molar-refractivity contribution in [3.05, 3.63) is 23.3 Å². The quantitative estimate of drug-likeness (QED) is 0.881. The first-order valence-electron chi connectivity index (χ1n) is 6.40. The minimum absolute atomic E-state index is 0.342. The molecule has 0 spiro atoms. The summed E-state index contributed by atoms with van der Waals surface area (Å²) in [5.41, 5.74) is 8.44. The summed E-state index contributed by atoms with van der Waals surface area (Å²) in [6, 6.07) is 4.05. The van der Waals surface area contributed by atoms with Crippen molar-refractivity contribution in [2.45, 2.75) is 19.4 Å². The van der Waals surface area contributed by atoms with Gasteiger partial charge < -0.3 is 15.2 Å². The van der Waals surface area contributed by atoms with Gasteiger partial charge in [-0.2, -0.15) is 0 Å². The fourth-order valence-corrected chi connectivity index (χ4v) is 2.68. The number of nitrogens with zero attached hydrogens (tertiary/aromatic N) is 1. The Balaban J connectivity index is 2.48. The predicted molar refractivity (Wildman–Crippen MR) is 72.3 cm³/mol. The first-order chi connectivity index (χ1) is 8.73. The summed E-state index contributed by atoms with van der Waals surface area (Å²) >= 11 is 0. The van der Waals surface area contributed by atoms with Crippen LogP contribution in [0.5, 0.6) is 11.5 Å². The minimum atomic E-state index is 0.342. The molecular weight excluding hydrogens is 228 g/mol. The van der Waals surface area contributed by atoms with E-state index in [2.05, 4.69) is 17.9 Å². The predicted octanol–water partition coefficient (Wildman–Crippen LogP) is 1.58. The molecule has 1 aliphatic heterocycles.